The first-order chi connectivity index (χ1) is 9.94. The molecule has 116 valence electrons. The zero-order valence-corrected chi connectivity index (χ0v) is 13.4. The number of benzene rings is 1. The van der Waals surface area contributed by atoms with E-state index in [9.17, 15) is 9.90 Å². The van der Waals surface area contributed by atoms with Gasteiger partial charge in [-0.1, -0.05) is 37.6 Å². The average Bonchev–Trinajstić information content (AvgIpc) is 2.94. The Morgan fingerprint density at radius 1 is 1.43 bits per heavy atom. The third-order valence-corrected chi connectivity index (χ3v) is 4.41. The lowest BCUT2D eigenvalue weighted by Gasteiger charge is -2.29. The molecule has 1 heterocycles. The number of likely N-dealkylation sites (tertiary alicyclic amines) is 1. The Balaban J connectivity index is 1.95. The molecule has 1 aromatic carbocycles. The third-order valence-electron chi connectivity index (χ3n) is 4.16. The van der Waals surface area contributed by atoms with Crippen LogP contribution in [0.25, 0.3) is 0 Å². The van der Waals surface area contributed by atoms with Gasteiger partial charge in [-0.3, -0.25) is 0 Å². The molecule has 2 rings (SSSR count). The number of rotatable bonds is 4. The van der Waals surface area contributed by atoms with Gasteiger partial charge in [-0.2, -0.15) is 0 Å². The molecule has 0 spiro atoms. The van der Waals surface area contributed by atoms with Crippen LogP contribution in [-0.4, -0.2) is 41.8 Å². The highest BCUT2D eigenvalue weighted by atomic mass is 35.5. The van der Waals surface area contributed by atoms with Gasteiger partial charge < -0.3 is 15.3 Å². The number of hydrogen-bond acceptors (Lipinski definition) is 2. The first kappa shape index (κ1) is 16.1. The second-order valence-electron chi connectivity index (χ2n) is 6.22. The average molecular weight is 311 g/mol. The summed E-state index contributed by atoms with van der Waals surface area (Å²) in [4.78, 5) is 14.0. The van der Waals surface area contributed by atoms with Gasteiger partial charge in [-0.15, -0.1) is 0 Å². The fourth-order valence-electron chi connectivity index (χ4n) is 2.69. The molecule has 1 fully saturated rings. The van der Waals surface area contributed by atoms with Crippen LogP contribution >= 0.6 is 11.6 Å². The number of nitrogens with zero attached hydrogens (tertiary/aromatic N) is 1. The Morgan fingerprint density at radius 2 is 2.10 bits per heavy atom. The molecule has 21 heavy (non-hydrogen) atoms. The van der Waals surface area contributed by atoms with Crippen molar-refractivity contribution in [3.63, 3.8) is 0 Å². The normalized spacial score (nSPS) is 18.9. The van der Waals surface area contributed by atoms with E-state index in [-0.39, 0.29) is 24.1 Å². The molecule has 0 unspecified atom stereocenters. The third kappa shape index (κ3) is 3.89. The van der Waals surface area contributed by atoms with Gasteiger partial charge in [0.05, 0.1) is 12.6 Å². The summed E-state index contributed by atoms with van der Waals surface area (Å²) in [5, 5.41) is 13.0. The van der Waals surface area contributed by atoms with E-state index < -0.39 is 0 Å². The number of nitrogens with one attached hydrogen (secondary N) is 1. The van der Waals surface area contributed by atoms with Gasteiger partial charge in [0.1, 0.15) is 0 Å². The summed E-state index contributed by atoms with van der Waals surface area (Å²) in [7, 11) is 0. The smallest absolute Gasteiger partial charge is 0.317 e. The Hall–Kier alpha value is -1.26. The summed E-state index contributed by atoms with van der Waals surface area (Å²) in [5.74, 6) is 0. The summed E-state index contributed by atoms with van der Waals surface area (Å²) >= 11 is 5.91. The molecule has 1 atom stereocenters. The van der Waals surface area contributed by atoms with E-state index in [0.29, 0.717) is 11.6 Å². The number of amides is 2. The molecule has 2 amide bonds. The maximum absolute atomic E-state index is 12.2. The van der Waals surface area contributed by atoms with Crippen molar-refractivity contribution in [1.29, 1.82) is 0 Å². The van der Waals surface area contributed by atoms with Crippen molar-refractivity contribution in [3.05, 3.63) is 34.9 Å². The lowest BCUT2D eigenvalue weighted by Crippen LogP contribution is -2.47. The molecule has 1 aromatic rings. The highest BCUT2D eigenvalue weighted by molar-refractivity contribution is 6.30. The predicted octanol–water partition coefficient (Wildman–Crippen LogP) is 2.78. The second kappa shape index (κ2) is 6.67. The van der Waals surface area contributed by atoms with Crippen LogP contribution in [0.1, 0.15) is 32.3 Å². The Morgan fingerprint density at radius 3 is 2.71 bits per heavy atom. The van der Waals surface area contributed by atoms with Crippen molar-refractivity contribution in [3.8, 4) is 0 Å². The molecule has 5 heteroatoms. The molecule has 0 radical (unpaired) electrons. The van der Waals surface area contributed by atoms with Crippen molar-refractivity contribution in [1.82, 2.24) is 10.2 Å². The maximum Gasteiger partial charge on any atom is 0.317 e. The molecule has 1 saturated heterocycles. The fraction of sp³-hybridized carbons (Fsp3) is 0.562. The van der Waals surface area contributed by atoms with Crippen LogP contribution in [0.5, 0.6) is 0 Å². The Bertz CT molecular complexity index is 488. The Labute approximate surface area is 131 Å². The molecule has 2 N–H and O–H groups in total. The van der Waals surface area contributed by atoms with E-state index in [1.807, 2.05) is 24.3 Å². The molecule has 0 aromatic heterocycles. The molecule has 0 aliphatic carbocycles. The van der Waals surface area contributed by atoms with Gasteiger partial charge in [-0.25, -0.2) is 4.79 Å². The molecule has 0 bridgehead atoms. The molecular weight excluding hydrogens is 288 g/mol. The van der Waals surface area contributed by atoms with E-state index in [1.165, 1.54) is 0 Å². The highest BCUT2D eigenvalue weighted by Gasteiger charge is 2.29. The number of urea groups is 1. The summed E-state index contributed by atoms with van der Waals surface area (Å²) in [6, 6.07) is 7.57. The molecule has 1 aliphatic heterocycles. The van der Waals surface area contributed by atoms with E-state index in [0.717, 1.165) is 24.9 Å². The van der Waals surface area contributed by atoms with Crippen LogP contribution in [0.15, 0.2) is 24.3 Å². The lowest BCUT2D eigenvalue weighted by atomic mass is 9.85. The van der Waals surface area contributed by atoms with Gasteiger partial charge in [0.15, 0.2) is 0 Å². The molecule has 0 saturated carbocycles. The van der Waals surface area contributed by atoms with Crippen LogP contribution < -0.4 is 5.32 Å². The number of hydrogen-bond donors (Lipinski definition) is 2. The van der Waals surface area contributed by atoms with Crippen LogP contribution in [0, 0.1) is 0 Å². The van der Waals surface area contributed by atoms with E-state index >= 15 is 0 Å². The summed E-state index contributed by atoms with van der Waals surface area (Å²) in [6.45, 7) is 5.47. The topological polar surface area (TPSA) is 52.6 Å². The highest BCUT2D eigenvalue weighted by Crippen LogP contribution is 2.24. The minimum absolute atomic E-state index is 0.0357. The molecule has 4 nitrogen and oxygen atoms in total. The zero-order valence-electron chi connectivity index (χ0n) is 12.6. The summed E-state index contributed by atoms with van der Waals surface area (Å²) in [5.41, 5.74) is 0.960. The van der Waals surface area contributed by atoms with Gasteiger partial charge >= 0.3 is 6.03 Å². The Kier molecular flexibility index (Phi) is 5.12. The minimum atomic E-state index is -0.172. The van der Waals surface area contributed by atoms with Crippen LogP contribution in [0.4, 0.5) is 4.79 Å². The molecular formula is C16H23ClN2O2. The van der Waals surface area contributed by atoms with Gasteiger partial charge in [0.2, 0.25) is 0 Å². The number of halogens is 1. The largest absolute Gasteiger partial charge is 0.394 e. The van der Waals surface area contributed by atoms with Crippen LogP contribution in [-0.2, 0) is 5.41 Å². The molecule has 1 aliphatic rings. The summed E-state index contributed by atoms with van der Waals surface area (Å²) < 4.78 is 0. The second-order valence-corrected chi connectivity index (χ2v) is 6.66. The first-order valence-corrected chi connectivity index (χ1v) is 7.73. The van der Waals surface area contributed by atoms with Gasteiger partial charge in [0.25, 0.3) is 0 Å². The minimum Gasteiger partial charge on any atom is -0.394 e. The monoisotopic (exact) mass is 310 g/mol. The number of carbonyl (C=O) groups excluding carboxylic acids is 1. The van der Waals surface area contributed by atoms with E-state index in [4.69, 9.17) is 11.6 Å². The van der Waals surface area contributed by atoms with Crippen LogP contribution in [0.3, 0.4) is 0 Å². The lowest BCUT2D eigenvalue weighted by molar-refractivity contribution is 0.156. The fourth-order valence-corrected chi connectivity index (χ4v) is 2.82. The number of aliphatic hydroxyl groups excluding tert-OH is 1. The SMILES string of the molecule is CC(C)(CNC(=O)N1CCC[C@H]1CO)c1ccc(Cl)cc1. The van der Waals surface area contributed by atoms with Gasteiger partial charge in [-0.05, 0) is 30.5 Å². The van der Waals surface area contributed by atoms with Crippen molar-refractivity contribution in [2.75, 3.05) is 19.7 Å². The maximum atomic E-state index is 12.2. The predicted molar refractivity (Wildman–Crippen MR) is 84.7 cm³/mol. The van der Waals surface area contributed by atoms with Gasteiger partial charge in [0, 0.05) is 23.5 Å². The number of carbonyl (C=O) groups is 1. The van der Waals surface area contributed by atoms with Crippen molar-refractivity contribution < 1.29 is 9.90 Å². The van der Waals surface area contributed by atoms with Crippen molar-refractivity contribution in [2.45, 2.75) is 38.1 Å². The van der Waals surface area contributed by atoms with E-state index in [2.05, 4.69) is 19.2 Å². The standard InChI is InChI=1S/C16H23ClN2O2/c1-16(2,12-5-7-13(17)8-6-12)11-18-15(21)19-9-3-4-14(19)10-20/h5-8,14,20H,3-4,9-11H2,1-2H3,(H,18,21)/t14-/m0/s1. The quantitative estimate of drug-likeness (QED) is 0.898. The summed E-state index contributed by atoms with van der Waals surface area (Å²) in [6.07, 6.45) is 1.84. The van der Waals surface area contributed by atoms with E-state index in [1.54, 1.807) is 4.90 Å². The zero-order chi connectivity index (χ0) is 15.5. The van der Waals surface area contributed by atoms with Crippen molar-refractivity contribution in [2.24, 2.45) is 0 Å². The number of aliphatic hydroxyl groups is 1. The van der Waals surface area contributed by atoms with Crippen LogP contribution in [0.2, 0.25) is 5.02 Å². The van der Waals surface area contributed by atoms with Crippen molar-refractivity contribution >= 4 is 17.6 Å². The first-order valence-electron chi connectivity index (χ1n) is 7.35.